The topological polar surface area (TPSA) is 20.2 Å². The zero-order valence-electron chi connectivity index (χ0n) is 20.7. The minimum absolute atomic E-state index is 0.0870. The zero-order valence-corrected chi connectivity index (χ0v) is 20.7. The van der Waals surface area contributed by atoms with E-state index in [0.29, 0.717) is 16.7 Å². The van der Waals surface area contributed by atoms with Crippen molar-refractivity contribution in [1.29, 1.82) is 0 Å². The van der Waals surface area contributed by atoms with Gasteiger partial charge in [0, 0.05) is 0 Å². The smallest absolute Gasteiger partial charge is 0.0577 e. The van der Waals surface area contributed by atoms with E-state index in [9.17, 15) is 5.11 Å². The summed E-state index contributed by atoms with van der Waals surface area (Å²) in [5.41, 5.74) is 2.51. The van der Waals surface area contributed by atoms with Gasteiger partial charge < -0.3 is 5.11 Å². The Morgan fingerprint density at radius 2 is 1.80 bits per heavy atom. The standard InChI is InChI=1S/C29H48O/c1-7-21(19(2)3)9-8-20(4)25-12-13-26-24-11-10-22-18-23(30)14-16-28(22,5)27(24)15-17-29(25,26)6/h8-10,19-21,23-27,30H,7,11-18H2,1-6H3/t20-,21?,23?,24+,25-,26+,27+,28+,29-/m1/s1. The molecule has 0 spiro atoms. The summed E-state index contributed by atoms with van der Waals surface area (Å²) >= 11 is 0. The summed E-state index contributed by atoms with van der Waals surface area (Å²) < 4.78 is 0. The number of hydrogen-bond acceptors (Lipinski definition) is 1. The van der Waals surface area contributed by atoms with E-state index < -0.39 is 0 Å². The molecular weight excluding hydrogens is 364 g/mol. The molecule has 1 nitrogen and oxygen atoms in total. The van der Waals surface area contributed by atoms with Crippen LogP contribution in [0.3, 0.4) is 0 Å². The third-order valence-corrected chi connectivity index (χ3v) is 10.8. The molecule has 3 saturated carbocycles. The number of aliphatic hydroxyl groups excluding tert-OH is 1. The fraction of sp³-hybridized carbons (Fsp3) is 0.862. The average Bonchev–Trinajstić information content (AvgIpc) is 3.06. The fourth-order valence-electron chi connectivity index (χ4n) is 8.83. The molecule has 3 fully saturated rings. The van der Waals surface area contributed by atoms with Gasteiger partial charge in [0.2, 0.25) is 0 Å². The van der Waals surface area contributed by atoms with Crippen LogP contribution in [0.2, 0.25) is 0 Å². The molecule has 2 unspecified atom stereocenters. The number of allylic oxidation sites excluding steroid dienone is 3. The SMILES string of the molecule is CCC(C=C[C@@H](C)[C@H]1CC[C@H]2[C@@H]3CC=C4CC(O)CC[C@]4(C)[C@H]3CC[C@]12C)C(C)C. The molecule has 4 rings (SSSR count). The monoisotopic (exact) mass is 412 g/mol. The van der Waals surface area contributed by atoms with E-state index in [1.165, 1.54) is 44.9 Å². The Balaban J connectivity index is 1.52. The minimum atomic E-state index is -0.0870. The molecular formula is C29H48O. The summed E-state index contributed by atoms with van der Waals surface area (Å²) in [4.78, 5) is 0. The second-order valence-corrected chi connectivity index (χ2v) is 12.4. The van der Waals surface area contributed by atoms with Gasteiger partial charge in [-0.2, -0.15) is 0 Å². The van der Waals surface area contributed by atoms with Gasteiger partial charge >= 0.3 is 0 Å². The maximum Gasteiger partial charge on any atom is 0.0577 e. The molecule has 0 heterocycles. The Bertz CT molecular complexity index is 674. The summed E-state index contributed by atoms with van der Waals surface area (Å²) in [5.74, 6) is 5.70. The first kappa shape index (κ1) is 22.6. The molecule has 0 saturated heterocycles. The van der Waals surface area contributed by atoms with Gasteiger partial charge in [-0.15, -0.1) is 0 Å². The van der Waals surface area contributed by atoms with E-state index in [0.717, 1.165) is 48.3 Å². The first-order valence-corrected chi connectivity index (χ1v) is 13.3. The predicted molar refractivity (Wildman–Crippen MR) is 128 cm³/mol. The fourth-order valence-corrected chi connectivity index (χ4v) is 8.83. The van der Waals surface area contributed by atoms with Gasteiger partial charge in [0.25, 0.3) is 0 Å². The Kier molecular flexibility index (Phi) is 6.35. The van der Waals surface area contributed by atoms with Crippen molar-refractivity contribution in [3.63, 3.8) is 0 Å². The van der Waals surface area contributed by atoms with Crippen LogP contribution in [-0.4, -0.2) is 11.2 Å². The van der Waals surface area contributed by atoms with E-state index in [-0.39, 0.29) is 6.10 Å². The van der Waals surface area contributed by atoms with E-state index in [1.807, 2.05) is 0 Å². The van der Waals surface area contributed by atoms with Crippen LogP contribution in [0, 0.1) is 52.3 Å². The van der Waals surface area contributed by atoms with Crippen LogP contribution in [0.1, 0.15) is 99.3 Å². The highest BCUT2D eigenvalue weighted by Crippen LogP contribution is 2.67. The van der Waals surface area contributed by atoms with Crippen molar-refractivity contribution < 1.29 is 5.11 Å². The van der Waals surface area contributed by atoms with Crippen molar-refractivity contribution in [2.24, 2.45) is 52.3 Å². The van der Waals surface area contributed by atoms with Gasteiger partial charge in [0.1, 0.15) is 0 Å². The summed E-state index contributed by atoms with van der Waals surface area (Å²) in [6.45, 7) is 14.8. The van der Waals surface area contributed by atoms with Gasteiger partial charge in [-0.3, -0.25) is 0 Å². The van der Waals surface area contributed by atoms with Crippen molar-refractivity contribution in [1.82, 2.24) is 0 Å². The van der Waals surface area contributed by atoms with Crippen LogP contribution < -0.4 is 0 Å². The molecule has 0 aromatic rings. The van der Waals surface area contributed by atoms with Crippen molar-refractivity contribution in [3.05, 3.63) is 23.8 Å². The van der Waals surface area contributed by atoms with Crippen LogP contribution in [0.15, 0.2) is 23.8 Å². The number of aliphatic hydroxyl groups is 1. The van der Waals surface area contributed by atoms with Crippen LogP contribution in [0.25, 0.3) is 0 Å². The van der Waals surface area contributed by atoms with E-state index >= 15 is 0 Å². The van der Waals surface area contributed by atoms with Gasteiger partial charge in [-0.25, -0.2) is 0 Å². The summed E-state index contributed by atoms with van der Waals surface area (Å²) in [6.07, 6.45) is 19.1. The molecule has 0 aromatic heterocycles. The minimum Gasteiger partial charge on any atom is -0.393 e. The maximum absolute atomic E-state index is 10.2. The van der Waals surface area contributed by atoms with Crippen molar-refractivity contribution >= 4 is 0 Å². The van der Waals surface area contributed by atoms with Crippen LogP contribution >= 0.6 is 0 Å². The third-order valence-electron chi connectivity index (χ3n) is 10.8. The quantitative estimate of drug-likeness (QED) is 0.457. The molecule has 0 amide bonds. The Morgan fingerprint density at radius 1 is 1.03 bits per heavy atom. The molecule has 0 bridgehead atoms. The molecule has 30 heavy (non-hydrogen) atoms. The third kappa shape index (κ3) is 3.66. The lowest BCUT2D eigenvalue weighted by Crippen LogP contribution is -2.50. The molecule has 1 N–H and O–H groups in total. The van der Waals surface area contributed by atoms with Gasteiger partial charge in [-0.1, -0.05) is 65.3 Å². The van der Waals surface area contributed by atoms with Crippen LogP contribution in [-0.2, 0) is 0 Å². The first-order chi connectivity index (χ1) is 14.2. The lowest BCUT2D eigenvalue weighted by molar-refractivity contribution is -0.0540. The lowest BCUT2D eigenvalue weighted by atomic mass is 9.47. The Morgan fingerprint density at radius 3 is 2.50 bits per heavy atom. The van der Waals surface area contributed by atoms with Crippen molar-refractivity contribution in [2.45, 2.75) is 105 Å². The maximum atomic E-state index is 10.2. The normalized spacial score (nSPS) is 45.6. The van der Waals surface area contributed by atoms with Crippen molar-refractivity contribution in [2.75, 3.05) is 0 Å². The molecule has 1 heteroatoms. The lowest BCUT2D eigenvalue weighted by Gasteiger charge is -2.58. The molecule has 0 radical (unpaired) electrons. The molecule has 0 aromatic carbocycles. The van der Waals surface area contributed by atoms with Crippen LogP contribution in [0.5, 0.6) is 0 Å². The Hall–Kier alpha value is -0.560. The molecule has 9 atom stereocenters. The Labute approximate surface area is 186 Å². The molecule has 170 valence electrons. The molecule has 0 aliphatic heterocycles. The number of hydrogen-bond donors (Lipinski definition) is 1. The highest BCUT2D eigenvalue weighted by atomic mass is 16.3. The van der Waals surface area contributed by atoms with Gasteiger partial charge in [0.05, 0.1) is 6.10 Å². The second kappa shape index (κ2) is 8.42. The van der Waals surface area contributed by atoms with Gasteiger partial charge in [0.15, 0.2) is 0 Å². The average molecular weight is 413 g/mol. The van der Waals surface area contributed by atoms with Crippen molar-refractivity contribution in [3.8, 4) is 0 Å². The number of rotatable bonds is 5. The summed E-state index contributed by atoms with van der Waals surface area (Å²) in [7, 11) is 0. The second-order valence-electron chi connectivity index (χ2n) is 12.4. The highest BCUT2D eigenvalue weighted by molar-refractivity contribution is 5.25. The van der Waals surface area contributed by atoms with Crippen LogP contribution in [0.4, 0.5) is 0 Å². The molecule has 4 aliphatic rings. The predicted octanol–water partition coefficient (Wildman–Crippen LogP) is 7.80. The van der Waals surface area contributed by atoms with Gasteiger partial charge in [-0.05, 0) is 110 Å². The largest absolute Gasteiger partial charge is 0.393 e. The molecule has 4 aliphatic carbocycles. The summed E-state index contributed by atoms with van der Waals surface area (Å²) in [6, 6.07) is 0. The van der Waals surface area contributed by atoms with E-state index in [4.69, 9.17) is 0 Å². The van der Waals surface area contributed by atoms with E-state index in [2.05, 4.69) is 59.8 Å². The van der Waals surface area contributed by atoms with E-state index in [1.54, 1.807) is 5.57 Å². The first-order valence-electron chi connectivity index (χ1n) is 13.3. The summed E-state index contributed by atoms with van der Waals surface area (Å²) in [5, 5.41) is 10.2. The number of fused-ring (bicyclic) bond motifs is 5. The zero-order chi connectivity index (χ0) is 21.7. The highest BCUT2D eigenvalue weighted by Gasteiger charge is 2.58.